The number of aryl methyl sites for hydroxylation is 1. The summed E-state index contributed by atoms with van der Waals surface area (Å²) in [7, 11) is 0. The Kier molecular flexibility index (Phi) is 4.53. The Morgan fingerprint density at radius 2 is 1.85 bits per heavy atom. The van der Waals surface area contributed by atoms with Crippen LogP contribution in [0.5, 0.6) is 0 Å². The third-order valence-electron chi connectivity index (χ3n) is 3.29. The summed E-state index contributed by atoms with van der Waals surface area (Å²) in [6, 6.07) is 15.4. The van der Waals surface area contributed by atoms with Crippen LogP contribution in [-0.4, -0.2) is 17.1 Å². The van der Waals surface area contributed by atoms with E-state index in [9.17, 15) is 4.79 Å². The summed E-state index contributed by atoms with van der Waals surface area (Å²) in [5, 5.41) is 9.01. The molecule has 0 heterocycles. The first-order valence-electron chi connectivity index (χ1n) is 6.74. The van der Waals surface area contributed by atoms with Crippen LogP contribution >= 0.6 is 0 Å². The van der Waals surface area contributed by atoms with E-state index in [1.165, 1.54) is 5.56 Å². The van der Waals surface area contributed by atoms with Crippen molar-refractivity contribution in [1.29, 1.82) is 0 Å². The standard InChI is InChI=1S/C17H19NO2/c1-12(18)5-6-13-7-9-14(10-8-13)15-3-2-4-16(11-15)17(19)20/h2-4,7-12H,5-6,18H2,1H3,(H,19,20). The molecule has 0 aromatic heterocycles. The third-order valence-corrected chi connectivity index (χ3v) is 3.29. The quantitative estimate of drug-likeness (QED) is 0.875. The molecule has 0 fully saturated rings. The number of benzene rings is 2. The van der Waals surface area contributed by atoms with Crippen LogP contribution in [0.15, 0.2) is 48.5 Å². The fourth-order valence-electron chi connectivity index (χ4n) is 2.09. The molecule has 3 N–H and O–H groups in total. The zero-order chi connectivity index (χ0) is 14.5. The van der Waals surface area contributed by atoms with E-state index in [0.717, 1.165) is 24.0 Å². The predicted molar refractivity (Wildman–Crippen MR) is 80.8 cm³/mol. The zero-order valence-electron chi connectivity index (χ0n) is 11.5. The van der Waals surface area contributed by atoms with Gasteiger partial charge in [0.1, 0.15) is 0 Å². The predicted octanol–water partition coefficient (Wildman–Crippen LogP) is 3.33. The van der Waals surface area contributed by atoms with Gasteiger partial charge in [-0.3, -0.25) is 0 Å². The molecule has 1 unspecified atom stereocenters. The molecule has 0 bridgehead atoms. The largest absolute Gasteiger partial charge is 0.478 e. The van der Waals surface area contributed by atoms with Crippen molar-refractivity contribution in [2.75, 3.05) is 0 Å². The number of carboxylic acid groups (broad SMARTS) is 1. The highest BCUT2D eigenvalue weighted by Crippen LogP contribution is 2.21. The number of hydrogen-bond acceptors (Lipinski definition) is 2. The minimum Gasteiger partial charge on any atom is -0.478 e. The lowest BCUT2D eigenvalue weighted by molar-refractivity contribution is 0.0697. The maximum atomic E-state index is 11.0. The van der Waals surface area contributed by atoms with Crippen molar-refractivity contribution in [2.24, 2.45) is 5.73 Å². The Morgan fingerprint density at radius 1 is 1.15 bits per heavy atom. The summed E-state index contributed by atoms with van der Waals surface area (Å²) in [4.78, 5) is 11.0. The fraction of sp³-hybridized carbons (Fsp3) is 0.235. The second-order valence-corrected chi connectivity index (χ2v) is 5.10. The number of aromatic carboxylic acids is 1. The molecule has 20 heavy (non-hydrogen) atoms. The average molecular weight is 269 g/mol. The van der Waals surface area contributed by atoms with Crippen molar-refractivity contribution in [3.8, 4) is 11.1 Å². The molecule has 2 aromatic rings. The molecule has 0 spiro atoms. The molecule has 0 radical (unpaired) electrons. The molecule has 0 aliphatic carbocycles. The van der Waals surface area contributed by atoms with Gasteiger partial charge in [0.05, 0.1) is 5.56 Å². The van der Waals surface area contributed by atoms with Crippen molar-refractivity contribution in [3.05, 3.63) is 59.7 Å². The van der Waals surface area contributed by atoms with Crippen LogP contribution in [0.3, 0.4) is 0 Å². The van der Waals surface area contributed by atoms with Gasteiger partial charge in [-0.1, -0.05) is 36.4 Å². The van der Waals surface area contributed by atoms with Crippen LogP contribution in [0, 0.1) is 0 Å². The molecular formula is C17H19NO2. The summed E-state index contributed by atoms with van der Waals surface area (Å²) in [5.74, 6) is -0.902. The van der Waals surface area contributed by atoms with Gasteiger partial charge in [0.25, 0.3) is 0 Å². The van der Waals surface area contributed by atoms with Gasteiger partial charge in [-0.2, -0.15) is 0 Å². The highest BCUT2D eigenvalue weighted by Gasteiger charge is 2.05. The number of carbonyl (C=O) groups is 1. The van der Waals surface area contributed by atoms with Crippen molar-refractivity contribution in [1.82, 2.24) is 0 Å². The maximum Gasteiger partial charge on any atom is 0.335 e. The van der Waals surface area contributed by atoms with Crippen LogP contribution in [-0.2, 0) is 6.42 Å². The molecule has 0 amide bonds. The first-order valence-corrected chi connectivity index (χ1v) is 6.74. The molecule has 104 valence electrons. The average Bonchev–Trinajstić information content (AvgIpc) is 2.46. The molecule has 1 atom stereocenters. The lowest BCUT2D eigenvalue weighted by atomic mass is 10.00. The highest BCUT2D eigenvalue weighted by atomic mass is 16.4. The molecule has 0 aliphatic heterocycles. The van der Waals surface area contributed by atoms with Crippen molar-refractivity contribution in [3.63, 3.8) is 0 Å². The Morgan fingerprint density at radius 3 is 2.45 bits per heavy atom. The van der Waals surface area contributed by atoms with Gasteiger partial charge >= 0.3 is 5.97 Å². The van der Waals surface area contributed by atoms with Gasteiger partial charge in [-0.15, -0.1) is 0 Å². The number of nitrogens with two attached hydrogens (primary N) is 1. The van der Waals surface area contributed by atoms with Gasteiger partial charge in [0, 0.05) is 6.04 Å². The number of hydrogen-bond donors (Lipinski definition) is 2. The first kappa shape index (κ1) is 14.3. The lowest BCUT2D eigenvalue weighted by Crippen LogP contribution is -2.15. The Hall–Kier alpha value is -2.13. The summed E-state index contributed by atoms with van der Waals surface area (Å²) >= 11 is 0. The third kappa shape index (κ3) is 3.68. The van der Waals surface area contributed by atoms with E-state index in [2.05, 4.69) is 12.1 Å². The van der Waals surface area contributed by atoms with Gasteiger partial charge in [-0.25, -0.2) is 4.79 Å². The molecule has 0 saturated heterocycles. The molecule has 3 nitrogen and oxygen atoms in total. The Bertz CT molecular complexity index is 588. The molecule has 2 aromatic carbocycles. The molecular weight excluding hydrogens is 250 g/mol. The minimum atomic E-state index is -0.902. The SMILES string of the molecule is CC(N)CCc1ccc(-c2cccc(C(=O)O)c2)cc1. The van der Waals surface area contributed by atoms with E-state index >= 15 is 0 Å². The zero-order valence-corrected chi connectivity index (χ0v) is 11.5. The molecule has 0 aliphatic rings. The van der Waals surface area contributed by atoms with E-state index < -0.39 is 5.97 Å². The fourth-order valence-corrected chi connectivity index (χ4v) is 2.09. The van der Waals surface area contributed by atoms with Crippen LogP contribution in [0.25, 0.3) is 11.1 Å². The second kappa shape index (κ2) is 6.35. The van der Waals surface area contributed by atoms with Crippen LogP contribution < -0.4 is 5.73 Å². The summed E-state index contributed by atoms with van der Waals surface area (Å²) in [6.07, 6.45) is 1.93. The summed E-state index contributed by atoms with van der Waals surface area (Å²) < 4.78 is 0. The van der Waals surface area contributed by atoms with Crippen LogP contribution in [0.4, 0.5) is 0 Å². The van der Waals surface area contributed by atoms with E-state index in [4.69, 9.17) is 10.8 Å². The number of carboxylic acids is 1. The minimum absolute atomic E-state index is 0.210. The maximum absolute atomic E-state index is 11.0. The molecule has 3 heteroatoms. The van der Waals surface area contributed by atoms with Crippen molar-refractivity contribution >= 4 is 5.97 Å². The first-order chi connectivity index (χ1) is 9.56. The number of rotatable bonds is 5. The van der Waals surface area contributed by atoms with E-state index in [1.54, 1.807) is 18.2 Å². The van der Waals surface area contributed by atoms with Crippen molar-refractivity contribution in [2.45, 2.75) is 25.8 Å². The van der Waals surface area contributed by atoms with E-state index in [-0.39, 0.29) is 6.04 Å². The Labute approximate surface area is 119 Å². The van der Waals surface area contributed by atoms with Gasteiger partial charge in [0.15, 0.2) is 0 Å². The molecule has 2 rings (SSSR count). The van der Waals surface area contributed by atoms with Gasteiger partial charge < -0.3 is 10.8 Å². The monoisotopic (exact) mass is 269 g/mol. The molecule has 0 saturated carbocycles. The summed E-state index contributed by atoms with van der Waals surface area (Å²) in [5.41, 5.74) is 9.26. The highest BCUT2D eigenvalue weighted by molar-refractivity contribution is 5.89. The van der Waals surface area contributed by atoms with Crippen LogP contribution in [0.1, 0.15) is 29.3 Å². The van der Waals surface area contributed by atoms with Gasteiger partial charge in [0.2, 0.25) is 0 Å². The second-order valence-electron chi connectivity index (χ2n) is 5.10. The topological polar surface area (TPSA) is 63.3 Å². The summed E-state index contributed by atoms with van der Waals surface area (Å²) in [6.45, 7) is 2.01. The van der Waals surface area contributed by atoms with Crippen molar-refractivity contribution < 1.29 is 9.90 Å². The smallest absolute Gasteiger partial charge is 0.335 e. The lowest BCUT2D eigenvalue weighted by Gasteiger charge is -2.07. The van der Waals surface area contributed by atoms with Crippen LogP contribution in [0.2, 0.25) is 0 Å². The van der Waals surface area contributed by atoms with E-state index in [1.807, 2.05) is 25.1 Å². The van der Waals surface area contributed by atoms with E-state index in [0.29, 0.717) is 5.56 Å². The Balaban J connectivity index is 2.17. The normalized spacial score (nSPS) is 12.1. The van der Waals surface area contributed by atoms with Gasteiger partial charge in [-0.05, 0) is 48.6 Å².